The van der Waals surface area contributed by atoms with Crippen molar-refractivity contribution in [3.05, 3.63) is 54.1 Å². The zero-order valence-corrected chi connectivity index (χ0v) is 16.6. The lowest BCUT2D eigenvalue weighted by Gasteiger charge is -2.33. The number of hydrogen-bond donors (Lipinski definition) is 0. The standard InChI is InChI=1S/C20H24N2O4S/c1-4-18(20(23)21-14-13-15-7-5-6-8-19(15)21)22(27(3,24)25)16-9-11-17(26-2)12-10-16/h5-12,18H,4,13-14H2,1-3H3/t18-/m1/s1. The number of fused-ring (bicyclic) bond motifs is 1. The number of anilines is 2. The van der Waals surface area contributed by atoms with E-state index in [1.807, 2.05) is 31.2 Å². The molecule has 0 radical (unpaired) electrons. The van der Waals surface area contributed by atoms with E-state index in [0.29, 0.717) is 24.4 Å². The number of carbonyl (C=O) groups excluding carboxylic acids is 1. The van der Waals surface area contributed by atoms with Gasteiger partial charge < -0.3 is 9.64 Å². The van der Waals surface area contributed by atoms with Crippen LogP contribution in [0.4, 0.5) is 11.4 Å². The number of ether oxygens (including phenoxy) is 1. The second kappa shape index (κ2) is 7.60. The molecule has 27 heavy (non-hydrogen) atoms. The highest BCUT2D eigenvalue weighted by molar-refractivity contribution is 7.92. The molecule has 0 aromatic heterocycles. The van der Waals surface area contributed by atoms with E-state index in [9.17, 15) is 13.2 Å². The fourth-order valence-electron chi connectivity index (χ4n) is 3.52. The van der Waals surface area contributed by atoms with Gasteiger partial charge in [-0.3, -0.25) is 9.10 Å². The van der Waals surface area contributed by atoms with Crippen molar-refractivity contribution in [2.75, 3.05) is 29.1 Å². The number of hydrogen-bond acceptors (Lipinski definition) is 4. The first-order valence-electron chi connectivity index (χ1n) is 8.89. The van der Waals surface area contributed by atoms with Gasteiger partial charge in [-0.1, -0.05) is 25.1 Å². The van der Waals surface area contributed by atoms with Crippen molar-refractivity contribution in [2.24, 2.45) is 0 Å². The van der Waals surface area contributed by atoms with E-state index in [2.05, 4.69) is 0 Å². The van der Waals surface area contributed by atoms with E-state index in [1.165, 1.54) is 4.31 Å². The summed E-state index contributed by atoms with van der Waals surface area (Å²) in [4.78, 5) is 15.0. The predicted octanol–water partition coefficient (Wildman–Crippen LogP) is 2.83. The van der Waals surface area contributed by atoms with Crippen molar-refractivity contribution in [1.29, 1.82) is 0 Å². The molecule has 1 atom stereocenters. The highest BCUT2D eigenvalue weighted by atomic mass is 32.2. The summed E-state index contributed by atoms with van der Waals surface area (Å²) >= 11 is 0. The fourth-order valence-corrected chi connectivity index (χ4v) is 4.73. The van der Waals surface area contributed by atoms with Gasteiger partial charge in [-0.05, 0) is 48.7 Å². The van der Waals surface area contributed by atoms with Crippen molar-refractivity contribution in [1.82, 2.24) is 0 Å². The third-order valence-electron chi connectivity index (χ3n) is 4.79. The first kappa shape index (κ1) is 19.2. The highest BCUT2D eigenvalue weighted by Gasteiger charge is 2.36. The highest BCUT2D eigenvalue weighted by Crippen LogP contribution is 2.31. The van der Waals surface area contributed by atoms with Crippen LogP contribution in [-0.4, -0.2) is 40.3 Å². The summed E-state index contributed by atoms with van der Waals surface area (Å²) in [5.74, 6) is 0.420. The number of para-hydroxylation sites is 1. The normalized spacial score (nSPS) is 14.6. The summed E-state index contributed by atoms with van der Waals surface area (Å²) in [6.45, 7) is 2.39. The van der Waals surface area contributed by atoms with Crippen LogP contribution in [0.1, 0.15) is 18.9 Å². The average molecular weight is 388 g/mol. The Morgan fingerprint density at radius 2 is 1.85 bits per heavy atom. The minimum atomic E-state index is -3.66. The molecular weight excluding hydrogens is 364 g/mol. The molecule has 1 heterocycles. The predicted molar refractivity (Wildman–Crippen MR) is 107 cm³/mol. The van der Waals surface area contributed by atoms with E-state index >= 15 is 0 Å². The van der Waals surface area contributed by atoms with Crippen LogP contribution < -0.4 is 13.9 Å². The summed E-state index contributed by atoms with van der Waals surface area (Å²) in [6, 6.07) is 13.6. The maximum absolute atomic E-state index is 13.3. The fraction of sp³-hybridized carbons (Fsp3) is 0.350. The molecular formula is C20H24N2O4S. The third-order valence-corrected chi connectivity index (χ3v) is 5.97. The van der Waals surface area contributed by atoms with Crippen LogP contribution in [-0.2, 0) is 21.2 Å². The van der Waals surface area contributed by atoms with Crippen molar-refractivity contribution < 1.29 is 17.9 Å². The Hall–Kier alpha value is -2.54. The molecule has 144 valence electrons. The Kier molecular flexibility index (Phi) is 5.41. The Morgan fingerprint density at radius 1 is 1.19 bits per heavy atom. The molecule has 0 fully saturated rings. The lowest BCUT2D eigenvalue weighted by Crippen LogP contribution is -2.50. The average Bonchev–Trinajstić information content (AvgIpc) is 3.09. The first-order chi connectivity index (χ1) is 12.9. The van der Waals surface area contributed by atoms with E-state index in [1.54, 1.807) is 36.3 Å². The van der Waals surface area contributed by atoms with Crippen molar-refractivity contribution in [3.63, 3.8) is 0 Å². The molecule has 0 saturated carbocycles. The zero-order chi connectivity index (χ0) is 19.6. The summed E-state index contributed by atoms with van der Waals surface area (Å²) in [5, 5.41) is 0. The largest absolute Gasteiger partial charge is 0.497 e. The monoisotopic (exact) mass is 388 g/mol. The van der Waals surface area contributed by atoms with Gasteiger partial charge >= 0.3 is 0 Å². The van der Waals surface area contributed by atoms with Gasteiger partial charge in [0.15, 0.2) is 0 Å². The lowest BCUT2D eigenvalue weighted by molar-refractivity contribution is -0.119. The third kappa shape index (κ3) is 3.78. The van der Waals surface area contributed by atoms with Crippen LogP contribution in [0.25, 0.3) is 0 Å². The second-order valence-corrected chi connectivity index (χ2v) is 8.41. The Morgan fingerprint density at radius 3 is 2.44 bits per heavy atom. The second-order valence-electron chi connectivity index (χ2n) is 6.55. The summed E-state index contributed by atoms with van der Waals surface area (Å²) in [7, 11) is -2.11. The molecule has 0 bridgehead atoms. The van der Waals surface area contributed by atoms with Gasteiger partial charge in [0.05, 0.1) is 19.1 Å². The number of rotatable bonds is 6. The first-order valence-corrected chi connectivity index (χ1v) is 10.7. The van der Waals surface area contributed by atoms with Crippen molar-refractivity contribution in [3.8, 4) is 5.75 Å². The molecule has 1 aliphatic rings. The molecule has 7 heteroatoms. The van der Waals surface area contributed by atoms with Gasteiger partial charge in [-0.2, -0.15) is 0 Å². The Labute approximate surface area is 160 Å². The number of amides is 1. The maximum atomic E-state index is 13.3. The van der Waals surface area contributed by atoms with Gasteiger partial charge in [0, 0.05) is 12.2 Å². The van der Waals surface area contributed by atoms with Crippen LogP contribution in [0.5, 0.6) is 5.75 Å². The number of sulfonamides is 1. The van der Waals surface area contributed by atoms with Crippen LogP contribution in [0.15, 0.2) is 48.5 Å². The van der Waals surface area contributed by atoms with Crippen molar-refractivity contribution >= 4 is 27.3 Å². The molecule has 0 saturated heterocycles. The maximum Gasteiger partial charge on any atom is 0.250 e. The smallest absolute Gasteiger partial charge is 0.250 e. The van der Waals surface area contributed by atoms with Gasteiger partial charge in [0.25, 0.3) is 5.91 Å². The quantitative estimate of drug-likeness (QED) is 0.763. The van der Waals surface area contributed by atoms with Gasteiger partial charge in [0.2, 0.25) is 10.0 Å². The van der Waals surface area contributed by atoms with Crippen molar-refractivity contribution in [2.45, 2.75) is 25.8 Å². The minimum absolute atomic E-state index is 0.205. The SMILES string of the molecule is CC[C@H](C(=O)N1CCc2ccccc21)N(c1ccc(OC)cc1)S(C)(=O)=O. The zero-order valence-electron chi connectivity index (χ0n) is 15.8. The summed E-state index contributed by atoms with van der Waals surface area (Å²) < 4.78 is 31.5. The van der Waals surface area contributed by atoms with Crippen LogP contribution in [0.2, 0.25) is 0 Å². The molecule has 1 aliphatic heterocycles. The van der Waals surface area contributed by atoms with E-state index in [0.717, 1.165) is 23.9 Å². The number of methoxy groups -OCH3 is 1. The Bertz CT molecular complexity index is 925. The molecule has 0 aliphatic carbocycles. The molecule has 6 nitrogen and oxygen atoms in total. The summed E-state index contributed by atoms with van der Waals surface area (Å²) in [6.07, 6.45) is 2.28. The topological polar surface area (TPSA) is 66.9 Å². The molecule has 2 aromatic carbocycles. The number of carbonyl (C=O) groups is 1. The van der Waals surface area contributed by atoms with Crippen LogP contribution in [0.3, 0.4) is 0 Å². The summed E-state index contributed by atoms with van der Waals surface area (Å²) in [5.41, 5.74) is 2.42. The van der Waals surface area contributed by atoms with E-state index in [4.69, 9.17) is 4.74 Å². The van der Waals surface area contributed by atoms with E-state index < -0.39 is 16.1 Å². The molecule has 0 N–H and O–H groups in total. The Balaban J connectivity index is 1.98. The molecule has 3 rings (SSSR count). The lowest BCUT2D eigenvalue weighted by atomic mass is 10.1. The number of nitrogens with zero attached hydrogens (tertiary/aromatic N) is 2. The van der Waals surface area contributed by atoms with E-state index in [-0.39, 0.29) is 5.91 Å². The molecule has 0 spiro atoms. The van der Waals surface area contributed by atoms with Crippen LogP contribution in [0, 0.1) is 0 Å². The van der Waals surface area contributed by atoms with Gasteiger partial charge in [0.1, 0.15) is 11.8 Å². The van der Waals surface area contributed by atoms with Crippen LogP contribution >= 0.6 is 0 Å². The molecule has 0 unspecified atom stereocenters. The molecule has 1 amide bonds. The molecule has 2 aromatic rings. The van der Waals surface area contributed by atoms with Gasteiger partial charge in [-0.15, -0.1) is 0 Å². The minimum Gasteiger partial charge on any atom is -0.497 e. The van der Waals surface area contributed by atoms with Gasteiger partial charge in [-0.25, -0.2) is 8.42 Å². The number of benzene rings is 2.